The van der Waals surface area contributed by atoms with E-state index in [-0.39, 0.29) is 5.04 Å². The average molecular weight is 391 g/mol. The van der Waals surface area contributed by atoms with Gasteiger partial charge < -0.3 is 4.43 Å². The quantitative estimate of drug-likeness (QED) is 0.404. The molecule has 124 valence electrons. The lowest BCUT2D eigenvalue weighted by Gasteiger charge is -2.36. The highest BCUT2D eigenvalue weighted by atomic mass is 79.9. The Bertz CT molecular complexity index is 659. The van der Waals surface area contributed by atoms with Gasteiger partial charge in [-0.1, -0.05) is 79.2 Å². The van der Waals surface area contributed by atoms with E-state index in [4.69, 9.17) is 4.43 Å². The topological polar surface area (TPSA) is 9.23 Å². The van der Waals surface area contributed by atoms with Crippen molar-refractivity contribution in [2.45, 2.75) is 50.8 Å². The molecule has 0 bridgehead atoms. The Morgan fingerprint density at radius 2 is 1.43 bits per heavy atom. The fraction of sp³-hybridized carbons (Fsp3) is 0.400. The van der Waals surface area contributed by atoms with Crippen LogP contribution in [-0.2, 0) is 16.4 Å². The van der Waals surface area contributed by atoms with Gasteiger partial charge in [-0.15, -0.1) is 0 Å². The highest BCUT2D eigenvalue weighted by molar-refractivity contribution is 9.08. The molecule has 23 heavy (non-hydrogen) atoms. The molecule has 2 aromatic carbocycles. The lowest BCUT2D eigenvalue weighted by molar-refractivity contribution is 0.276. The van der Waals surface area contributed by atoms with Crippen molar-refractivity contribution in [1.29, 1.82) is 0 Å². The Balaban J connectivity index is 2.17. The first-order valence-corrected chi connectivity index (χ1v) is 12.1. The van der Waals surface area contributed by atoms with Crippen LogP contribution in [0.25, 0.3) is 11.1 Å². The third-order valence-electron chi connectivity index (χ3n) is 4.75. The zero-order chi connectivity index (χ0) is 17.1. The first kappa shape index (κ1) is 18.4. The summed E-state index contributed by atoms with van der Waals surface area (Å²) in [5, 5.41) is 1.13. The van der Waals surface area contributed by atoms with E-state index in [1.807, 2.05) is 0 Å². The van der Waals surface area contributed by atoms with Gasteiger partial charge >= 0.3 is 0 Å². The molecule has 2 rings (SSSR count). The molecule has 3 heteroatoms. The average Bonchev–Trinajstić information content (AvgIpc) is 2.52. The molecule has 0 saturated heterocycles. The monoisotopic (exact) mass is 390 g/mol. The van der Waals surface area contributed by atoms with Crippen molar-refractivity contribution in [3.63, 3.8) is 0 Å². The summed E-state index contributed by atoms with van der Waals surface area (Å²) < 4.78 is 6.35. The summed E-state index contributed by atoms with van der Waals surface area (Å²) in [7, 11) is -1.71. The van der Waals surface area contributed by atoms with Gasteiger partial charge in [-0.05, 0) is 46.5 Å². The van der Waals surface area contributed by atoms with Gasteiger partial charge in [-0.25, -0.2) is 0 Å². The Labute approximate surface area is 150 Å². The number of alkyl halides is 1. The predicted octanol–water partition coefficient (Wildman–Crippen LogP) is 6.77. The largest absolute Gasteiger partial charge is 0.413 e. The number of hydrogen-bond acceptors (Lipinski definition) is 1. The van der Waals surface area contributed by atoms with Crippen LogP contribution in [0.15, 0.2) is 48.5 Å². The number of benzene rings is 2. The van der Waals surface area contributed by atoms with E-state index < -0.39 is 8.32 Å². The van der Waals surface area contributed by atoms with E-state index in [1.54, 1.807) is 0 Å². The fourth-order valence-electron chi connectivity index (χ4n) is 2.15. The van der Waals surface area contributed by atoms with Crippen LogP contribution in [0.1, 0.15) is 31.9 Å². The van der Waals surface area contributed by atoms with E-state index >= 15 is 0 Å². The minimum atomic E-state index is -1.71. The molecule has 0 fully saturated rings. The third kappa shape index (κ3) is 4.79. The maximum atomic E-state index is 6.35. The second kappa shape index (κ2) is 7.33. The highest BCUT2D eigenvalue weighted by Gasteiger charge is 2.36. The Morgan fingerprint density at radius 1 is 0.913 bits per heavy atom. The first-order valence-electron chi connectivity index (χ1n) is 8.11. The Morgan fingerprint density at radius 3 is 1.96 bits per heavy atom. The van der Waals surface area contributed by atoms with Crippen molar-refractivity contribution >= 4 is 24.2 Å². The molecule has 0 aliphatic heterocycles. The van der Waals surface area contributed by atoms with E-state index in [1.165, 1.54) is 22.3 Å². The smallest absolute Gasteiger partial charge is 0.192 e. The predicted molar refractivity (Wildman–Crippen MR) is 106 cm³/mol. The Hall–Kier alpha value is -0.903. The first-order chi connectivity index (χ1) is 10.7. The van der Waals surface area contributed by atoms with E-state index in [0.717, 1.165) is 5.33 Å². The lowest BCUT2D eigenvalue weighted by Crippen LogP contribution is -2.40. The van der Waals surface area contributed by atoms with Crippen LogP contribution < -0.4 is 0 Å². The van der Waals surface area contributed by atoms with Gasteiger partial charge in [0, 0.05) is 5.33 Å². The number of hydrogen-bond donors (Lipinski definition) is 0. The van der Waals surface area contributed by atoms with Crippen LogP contribution in [0.5, 0.6) is 0 Å². The van der Waals surface area contributed by atoms with Crippen LogP contribution in [0.3, 0.4) is 0 Å². The molecule has 0 aliphatic carbocycles. The van der Waals surface area contributed by atoms with Gasteiger partial charge in [0.25, 0.3) is 0 Å². The van der Waals surface area contributed by atoms with Crippen molar-refractivity contribution in [2.75, 3.05) is 0 Å². The van der Waals surface area contributed by atoms with E-state index in [0.29, 0.717) is 6.61 Å². The van der Waals surface area contributed by atoms with Crippen molar-refractivity contribution in [3.05, 3.63) is 59.7 Å². The molecule has 0 aliphatic rings. The maximum absolute atomic E-state index is 6.35. The summed E-state index contributed by atoms with van der Waals surface area (Å²) in [6, 6.07) is 17.4. The number of halogens is 1. The summed E-state index contributed by atoms with van der Waals surface area (Å²) in [5.74, 6) is 0. The maximum Gasteiger partial charge on any atom is 0.192 e. The minimum absolute atomic E-state index is 0.245. The molecule has 2 aromatic rings. The molecule has 0 saturated carbocycles. The van der Waals surface area contributed by atoms with Crippen molar-refractivity contribution in [1.82, 2.24) is 0 Å². The number of rotatable bonds is 5. The van der Waals surface area contributed by atoms with Crippen molar-refractivity contribution in [2.24, 2.45) is 0 Å². The normalized spacial score (nSPS) is 12.4. The lowest BCUT2D eigenvalue weighted by atomic mass is 10.0. The molecular formula is C20H27BrOSi. The summed E-state index contributed by atoms with van der Waals surface area (Å²) in [4.78, 5) is 0. The highest BCUT2D eigenvalue weighted by Crippen LogP contribution is 2.37. The SMILES string of the molecule is CC(C)(C)[Si](C)(C)OCc1cccc(-c2cccc(CBr)c2)c1. The zero-order valence-corrected chi connectivity index (χ0v) is 17.4. The summed E-state index contributed by atoms with van der Waals surface area (Å²) in [5.41, 5.74) is 5.06. The molecular weight excluding hydrogens is 364 g/mol. The molecule has 0 radical (unpaired) electrons. The van der Waals surface area contributed by atoms with Crippen molar-refractivity contribution < 1.29 is 4.43 Å². The fourth-order valence-corrected chi connectivity index (χ4v) is 3.46. The van der Waals surface area contributed by atoms with Gasteiger partial charge in [0.1, 0.15) is 0 Å². The standard InChI is InChI=1S/C20H27BrOSi/c1-20(2,3)23(4,5)22-15-17-9-7-11-19(13-17)18-10-6-8-16(12-18)14-21/h6-13H,14-15H2,1-5H3. The molecule has 0 atom stereocenters. The molecule has 1 nitrogen and oxygen atoms in total. The molecule has 0 amide bonds. The third-order valence-corrected chi connectivity index (χ3v) is 9.87. The van der Waals surface area contributed by atoms with Crippen LogP contribution in [0, 0.1) is 0 Å². The minimum Gasteiger partial charge on any atom is -0.413 e. The summed E-state index contributed by atoms with van der Waals surface area (Å²) in [6.07, 6.45) is 0. The molecule has 0 N–H and O–H groups in total. The molecule has 0 aromatic heterocycles. The van der Waals surface area contributed by atoms with Gasteiger partial charge in [-0.2, -0.15) is 0 Å². The van der Waals surface area contributed by atoms with Crippen LogP contribution >= 0.6 is 15.9 Å². The summed E-state index contributed by atoms with van der Waals surface area (Å²) >= 11 is 3.53. The van der Waals surface area contributed by atoms with Crippen LogP contribution in [0.4, 0.5) is 0 Å². The Kier molecular flexibility index (Phi) is 5.87. The van der Waals surface area contributed by atoms with Crippen LogP contribution in [0.2, 0.25) is 18.1 Å². The van der Waals surface area contributed by atoms with E-state index in [2.05, 4.69) is 98.3 Å². The molecule has 0 unspecified atom stereocenters. The molecule has 0 heterocycles. The van der Waals surface area contributed by atoms with Gasteiger partial charge in [0.05, 0.1) is 6.61 Å². The van der Waals surface area contributed by atoms with Gasteiger partial charge in [-0.3, -0.25) is 0 Å². The van der Waals surface area contributed by atoms with E-state index in [9.17, 15) is 0 Å². The van der Waals surface area contributed by atoms with Crippen LogP contribution in [-0.4, -0.2) is 8.32 Å². The summed E-state index contributed by atoms with van der Waals surface area (Å²) in [6.45, 7) is 12.1. The molecule has 0 spiro atoms. The van der Waals surface area contributed by atoms with Gasteiger partial charge in [0.2, 0.25) is 0 Å². The van der Waals surface area contributed by atoms with Gasteiger partial charge in [0.15, 0.2) is 8.32 Å². The second-order valence-electron chi connectivity index (χ2n) is 7.58. The second-order valence-corrected chi connectivity index (χ2v) is 13.0. The zero-order valence-electron chi connectivity index (χ0n) is 14.8. The van der Waals surface area contributed by atoms with Crippen molar-refractivity contribution in [3.8, 4) is 11.1 Å².